The van der Waals surface area contributed by atoms with Crippen molar-refractivity contribution in [3.8, 4) is 0 Å². The maximum absolute atomic E-state index is 5.40. The van der Waals surface area contributed by atoms with E-state index in [1.807, 2.05) is 11.8 Å². The Bertz CT molecular complexity index is 569. The fraction of sp³-hybridized carbons (Fsp3) is 0.500. The molecule has 0 amide bonds. The number of benzene rings is 1. The molecule has 0 aliphatic heterocycles. The van der Waals surface area contributed by atoms with Crippen LogP contribution in [0.5, 0.6) is 0 Å². The van der Waals surface area contributed by atoms with E-state index in [2.05, 4.69) is 40.9 Å². The number of H-pyrrole nitrogens is 1. The Kier molecular flexibility index (Phi) is 4.89. The number of nitrogens with zero attached hydrogens (tertiary/aromatic N) is 1. The average molecular weight is 280 g/mol. The van der Waals surface area contributed by atoms with Gasteiger partial charge in [0.1, 0.15) is 0 Å². The molecule has 0 atom stereocenters. The van der Waals surface area contributed by atoms with Gasteiger partial charge in [0.25, 0.3) is 0 Å². The quantitative estimate of drug-likeness (QED) is 0.619. The number of rotatable bonds is 6. The van der Waals surface area contributed by atoms with Crippen molar-refractivity contribution in [3.05, 3.63) is 28.5 Å². The van der Waals surface area contributed by atoms with E-state index in [0.29, 0.717) is 0 Å². The summed E-state index contributed by atoms with van der Waals surface area (Å²) in [6.07, 6.45) is 5.95. The molecular formula is C14H20N2S2. The maximum atomic E-state index is 5.40. The zero-order chi connectivity index (χ0) is 13.0. The Hall–Kier alpha value is -0.740. The van der Waals surface area contributed by atoms with Crippen LogP contribution in [0.4, 0.5) is 0 Å². The van der Waals surface area contributed by atoms with Crippen molar-refractivity contribution in [2.75, 3.05) is 12.0 Å². The molecule has 0 unspecified atom stereocenters. The number of nitrogens with one attached hydrogen (secondary N) is 1. The minimum atomic E-state index is 0.848. The SMILES string of the molecule is CSCCCCCn1c(=S)[nH]c2ccc(C)cc21. The molecular weight excluding hydrogens is 260 g/mol. The number of hydrogen-bond acceptors (Lipinski definition) is 2. The van der Waals surface area contributed by atoms with Gasteiger partial charge in [0.15, 0.2) is 4.77 Å². The number of imidazole rings is 1. The minimum Gasteiger partial charge on any atom is -0.331 e. The predicted octanol–water partition coefficient (Wildman–Crippen LogP) is 4.54. The first-order valence-corrected chi connectivity index (χ1v) is 8.20. The maximum Gasteiger partial charge on any atom is 0.178 e. The molecule has 0 aliphatic carbocycles. The summed E-state index contributed by atoms with van der Waals surface area (Å²) in [6, 6.07) is 6.45. The lowest BCUT2D eigenvalue weighted by molar-refractivity contribution is 0.610. The molecule has 0 saturated heterocycles. The molecule has 0 radical (unpaired) electrons. The monoisotopic (exact) mass is 280 g/mol. The zero-order valence-corrected chi connectivity index (χ0v) is 12.7. The summed E-state index contributed by atoms with van der Waals surface area (Å²) in [7, 11) is 0. The standard InChI is InChI=1S/C14H20N2S2/c1-11-6-7-12-13(10-11)16(14(17)15-12)8-4-3-5-9-18-2/h6-7,10H,3-5,8-9H2,1-2H3,(H,15,17). The Labute approximate surface area is 118 Å². The minimum absolute atomic E-state index is 0.848. The number of aromatic amines is 1. The van der Waals surface area contributed by atoms with Crippen molar-refractivity contribution in [3.63, 3.8) is 0 Å². The second-order valence-corrected chi connectivity index (χ2v) is 6.03. The van der Waals surface area contributed by atoms with E-state index in [0.717, 1.165) is 16.8 Å². The van der Waals surface area contributed by atoms with Crippen LogP contribution in [-0.2, 0) is 6.54 Å². The van der Waals surface area contributed by atoms with Crippen LogP contribution in [0.25, 0.3) is 11.0 Å². The van der Waals surface area contributed by atoms with Crippen molar-refractivity contribution >= 4 is 35.0 Å². The smallest absolute Gasteiger partial charge is 0.178 e. The van der Waals surface area contributed by atoms with Gasteiger partial charge in [-0.05, 0) is 61.7 Å². The van der Waals surface area contributed by atoms with Gasteiger partial charge in [-0.2, -0.15) is 11.8 Å². The lowest BCUT2D eigenvalue weighted by Gasteiger charge is -2.05. The zero-order valence-electron chi connectivity index (χ0n) is 11.0. The fourth-order valence-electron chi connectivity index (χ4n) is 2.18. The van der Waals surface area contributed by atoms with Crippen molar-refractivity contribution in [2.24, 2.45) is 0 Å². The highest BCUT2D eigenvalue weighted by atomic mass is 32.2. The van der Waals surface area contributed by atoms with Gasteiger partial charge in [-0.25, -0.2) is 0 Å². The van der Waals surface area contributed by atoms with Gasteiger partial charge in [-0.1, -0.05) is 12.5 Å². The lowest BCUT2D eigenvalue weighted by atomic mass is 10.2. The molecule has 98 valence electrons. The van der Waals surface area contributed by atoms with Gasteiger partial charge in [0.2, 0.25) is 0 Å². The third kappa shape index (κ3) is 3.18. The van der Waals surface area contributed by atoms with Crippen LogP contribution in [0, 0.1) is 11.7 Å². The second-order valence-electron chi connectivity index (χ2n) is 4.66. The molecule has 2 rings (SSSR count). The highest BCUT2D eigenvalue weighted by Gasteiger charge is 2.03. The summed E-state index contributed by atoms with van der Waals surface area (Å²) >= 11 is 7.32. The van der Waals surface area contributed by atoms with Crippen LogP contribution in [0.1, 0.15) is 24.8 Å². The van der Waals surface area contributed by atoms with Crippen molar-refractivity contribution < 1.29 is 0 Å². The van der Waals surface area contributed by atoms with Gasteiger partial charge in [-0.3, -0.25) is 0 Å². The van der Waals surface area contributed by atoms with E-state index >= 15 is 0 Å². The van der Waals surface area contributed by atoms with E-state index < -0.39 is 0 Å². The highest BCUT2D eigenvalue weighted by Crippen LogP contribution is 2.17. The summed E-state index contributed by atoms with van der Waals surface area (Å²) in [4.78, 5) is 3.28. The third-order valence-electron chi connectivity index (χ3n) is 3.16. The molecule has 2 aromatic rings. The van der Waals surface area contributed by atoms with E-state index in [1.165, 1.54) is 36.1 Å². The van der Waals surface area contributed by atoms with Crippen LogP contribution in [0.2, 0.25) is 0 Å². The average Bonchev–Trinajstić information content (AvgIpc) is 2.65. The van der Waals surface area contributed by atoms with Gasteiger partial charge >= 0.3 is 0 Å². The third-order valence-corrected chi connectivity index (χ3v) is 4.18. The lowest BCUT2D eigenvalue weighted by Crippen LogP contribution is -1.98. The molecule has 0 aliphatic rings. The largest absolute Gasteiger partial charge is 0.331 e. The van der Waals surface area contributed by atoms with Crippen LogP contribution in [0.15, 0.2) is 18.2 Å². The van der Waals surface area contributed by atoms with E-state index in [9.17, 15) is 0 Å². The highest BCUT2D eigenvalue weighted by molar-refractivity contribution is 7.98. The Morgan fingerprint density at radius 2 is 2.11 bits per heavy atom. The first kappa shape index (κ1) is 13.7. The normalized spacial score (nSPS) is 11.2. The molecule has 0 bridgehead atoms. The number of hydrogen-bond donors (Lipinski definition) is 1. The van der Waals surface area contributed by atoms with Crippen LogP contribution >= 0.6 is 24.0 Å². The van der Waals surface area contributed by atoms with Crippen molar-refractivity contribution in [1.82, 2.24) is 9.55 Å². The molecule has 0 spiro atoms. The molecule has 2 nitrogen and oxygen atoms in total. The fourth-order valence-corrected chi connectivity index (χ4v) is 2.97. The molecule has 0 saturated carbocycles. The predicted molar refractivity (Wildman–Crippen MR) is 84.1 cm³/mol. The summed E-state index contributed by atoms with van der Waals surface area (Å²) in [6.45, 7) is 3.15. The summed E-state index contributed by atoms with van der Waals surface area (Å²) in [5.74, 6) is 1.26. The van der Waals surface area contributed by atoms with Gasteiger partial charge in [0.05, 0.1) is 11.0 Å². The molecule has 1 aromatic carbocycles. The Morgan fingerprint density at radius 1 is 1.28 bits per heavy atom. The molecule has 18 heavy (non-hydrogen) atoms. The van der Waals surface area contributed by atoms with Crippen molar-refractivity contribution in [1.29, 1.82) is 0 Å². The number of fused-ring (bicyclic) bond motifs is 1. The Morgan fingerprint density at radius 3 is 2.89 bits per heavy atom. The number of unbranched alkanes of at least 4 members (excludes halogenated alkanes) is 2. The summed E-state index contributed by atoms with van der Waals surface area (Å²) in [5, 5.41) is 0. The van der Waals surface area contributed by atoms with E-state index in [1.54, 1.807) is 0 Å². The van der Waals surface area contributed by atoms with Crippen molar-refractivity contribution in [2.45, 2.75) is 32.7 Å². The number of thioether (sulfide) groups is 1. The molecule has 0 fully saturated rings. The first-order valence-electron chi connectivity index (χ1n) is 6.40. The molecule has 1 heterocycles. The summed E-state index contributed by atoms with van der Waals surface area (Å²) in [5.41, 5.74) is 3.67. The van der Waals surface area contributed by atoms with E-state index in [4.69, 9.17) is 12.2 Å². The Balaban J connectivity index is 2.10. The topological polar surface area (TPSA) is 20.7 Å². The van der Waals surface area contributed by atoms with Crippen LogP contribution < -0.4 is 0 Å². The molecule has 1 aromatic heterocycles. The van der Waals surface area contributed by atoms with Gasteiger partial charge in [0, 0.05) is 6.54 Å². The summed E-state index contributed by atoms with van der Waals surface area (Å²) < 4.78 is 3.08. The molecule has 4 heteroatoms. The van der Waals surface area contributed by atoms with E-state index in [-0.39, 0.29) is 0 Å². The molecule has 1 N–H and O–H groups in total. The number of aryl methyl sites for hydroxylation is 2. The van der Waals surface area contributed by atoms with Crippen LogP contribution in [-0.4, -0.2) is 21.6 Å². The second kappa shape index (κ2) is 6.43. The van der Waals surface area contributed by atoms with Gasteiger partial charge < -0.3 is 9.55 Å². The first-order chi connectivity index (χ1) is 8.72. The number of aromatic nitrogens is 2. The van der Waals surface area contributed by atoms with Crippen LogP contribution in [0.3, 0.4) is 0 Å². The van der Waals surface area contributed by atoms with Gasteiger partial charge in [-0.15, -0.1) is 0 Å².